The van der Waals surface area contributed by atoms with E-state index in [1.165, 1.54) is 0 Å². The zero-order valence-corrected chi connectivity index (χ0v) is 6.69. The molecule has 5 nitrogen and oxygen atoms in total. The van der Waals surface area contributed by atoms with E-state index in [9.17, 15) is 9.59 Å². The van der Waals surface area contributed by atoms with Crippen molar-refractivity contribution < 1.29 is 9.59 Å². The second-order valence-corrected chi connectivity index (χ2v) is 2.94. The average molecular weight is 170 g/mol. The van der Waals surface area contributed by atoms with Gasteiger partial charge in [0.25, 0.3) is 0 Å². The normalized spacial score (nSPS) is 29.7. The van der Waals surface area contributed by atoms with Crippen molar-refractivity contribution in [2.75, 3.05) is 13.1 Å². The highest BCUT2D eigenvalue weighted by atomic mass is 16.2. The number of amides is 2. The Balaban J connectivity index is 2.67. The van der Waals surface area contributed by atoms with Crippen LogP contribution in [0, 0.1) is 11.8 Å². The summed E-state index contributed by atoms with van der Waals surface area (Å²) >= 11 is 0. The molecule has 0 aliphatic carbocycles. The molecule has 1 saturated heterocycles. The molecule has 1 aliphatic heterocycles. The van der Waals surface area contributed by atoms with E-state index in [4.69, 9.17) is 11.5 Å². The van der Waals surface area contributed by atoms with Crippen LogP contribution in [0.5, 0.6) is 0 Å². The molecule has 5 heteroatoms. The molecule has 2 unspecified atom stereocenters. The number of carbonyl (C=O) groups excluding carboxylic acids is 2. The molecular weight excluding hydrogens is 158 g/mol. The van der Waals surface area contributed by atoms with Crippen molar-refractivity contribution in [2.45, 2.75) is 6.42 Å². The summed E-state index contributed by atoms with van der Waals surface area (Å²) in [5, 5.41) is 4.00. The first-order valence-electron chi connectivity index (χ1n) is 3.85. The second-order valence-electron chi connectivity index (χ2n) is 2.94. The number of nitrogens with zero attached hydrogens (tertiary/aromatic N) is 1. The Hall–Kier alpha value is -1.10. The zero-order chi connectivity index (χ0) is 9.14. The maximum atomic E-state index is 10.8. The molecule has 67 valence electrons. The number of piperidine rings is 1. The first-order valence-corrected chi connectivity index (χ1v) is 3.85. The quantitative estimate of drug-likeness (QED) is 0.510. The van der Waals surface area contributed by atoms with Crippen LogP contribution in [0.2, 0.25) is 0 Å². The van der Waals surface area contributed by atoms with E-state index in [0.717, 1.165) is 0 Å². The van der Waals surface area contributed by atoms with Gasteiger partial charge >= 0.3 is 0 Å². The van der Waals surface area contributed by atoms with E-state index in [1.807, 2.05) is 0 Å². The number of hydrogen-bond acceptors (Lipinski definition) is 2. The van der Waals surface area contributed by atoms with Crippen molar-refractivity contribution in [3.8, 4) is 0 Å². The Morgan fingerprint density at radius 2 is 1.75 bits per heavy atom. The fourth-order valence-corrected chi connectivity index (χ4v) is 1.42. The molecule has 0 bridgehead atoms. The average Bonchev–Trinajstić information content (AvgIpc) is 2.04. The Labute approximate surface area is 70.5 Å². The summed E-state index contributed by atoms with van der Waals surface area (Å²) in [6, 6.07) is 0. The third-order valence-electron chi connectivity index (χ3n) is 2.14. The van der Waals surface area contributed by atoms with Crippen LogP contribution in [0.25, 0.3) is 0 Å². The van der Waals surface area contributed by atoms with Crippen molar-refractivity contribution in [1.29, 1.82) is 0 Å². The van der Waals surface area contributed by atoms with E-state index in [0.29, 0.717) is 19.5 Å². The lowest BCUT2D eigenvalue weighted by atomic mass is 9.85. The first-order chi connectivity index (χ1) is 5.63. The lowest BCUT2D eigenvalue weighted by molar-refractivity contribution is -0.132. The van der Waals surface area contributed by atoms with Crippen LogP contribution < -0.4 is 16.8 Å². The largest absolute Gasteiger partial charge is 0.369 e. The molecule has 0 aromatic rings. The third kappa shape index (κ3) is 1.73. The van der Waals surface area contributed by atoms with Gasteiger partial charge in [0.05, 0.1) is 11.8 Å². The molecule has 1 aliphatic rings. The van der Waals surface area contributed by atoms with Crippen molar-refractivity contribution in [3.05, 3.63) is 0 Å². The van der Waals surface area contributed by atoms with Gasteiger partial charge < -0.3 is 11.5 Å². The van der Waals surface area contributed by atoms with Crippen LogP contribution in [0.3, 0.4) is 0 Å². The van der Waals surface area contributed by atoms with Gasteiger partial charge in [0.15, 0.2) is 0 Å². The summed E-state index contributed by atoms with van der Waals surface area (Å²) in [6.45, 7) is 0.931. The highest BCUT2D eigenvalue weighted by Crippen LogP contribution is 2.18. The molecule has 0 aromatic heterocycles. The van der Waals surface area contributed by atoms with Crippen molar-refractivity contribution in [1.82, 2.24) is 5.32 Å². The summed E-state index contributed by atoms with van der Waals surface area (Å²) in [7, 11) is 0. The fourth-order valence-electron chi connectivity index (χ4n) is 1.42. The van der Waals surface area contributed by atoms with E-state index < -0.39 is 23.7 Å². The molecule has 2 amide bonds. The van der Waals surface area contributed by atoms with Crippen molar-refractivity contribution >= 4 is 11.8 Å². The molecule has 1 fully saturated rings. The summed E-state index contributed by atoms with van der Waals surface area (Å²) in [5.74, 6) is -1.84. The first kappa shape index (κ1) is 8.99. The van der Waals surface area contributed by atoms with E-state index in [-0.39, 0.29) is 0 Å². The minimum Gasteiger partial charge on any atom is -0.369 e. The summed E-state index contributed by atoms with van der Waals surface area (Å²) in [4.78, 5) is 21.7. The standard InChI is InChI=1S/C7H12N3O2/c8-6(11)4-1-2-10-3-5(4)7(9)12/h4-5H,1-3H2,(H2,8,11)(H2,9,12). The summed E-state index contributed by atoms with van der Waals surface area (Å²) in [5.41, 5.74) is 10.2. The molecule has 1 heterocycles. The van der Waals surface area contributed by atoms with Crippen LogP contribution in [0.4, 0.5) is 0 Å². The Bertz CT molecular complexity index is 183. The predicted octanol–water partition coefficient (Wildman–Crippen LogP) is -1.80. The number of carbonyl (C=O) groups is 2. The molecule has 0 spiro atoms. The Kier molecular flexibility index (Phi) is 2.65. The highest BCUT2D eigenvalue weighted by Gasteiger charge is 2.33. The minimum absolute atomic E-state index is 0.336. The molecule has 0 saturated carbocycles. The maximum Gasteiger partial charge on any atom is 0.222 e. The van der Waals surface area contributed by atoms with Crippen LogP contribution >= 0.6 is 0 Å². The molecule has 2 atom stereocenters. The fraction of sp³-hybridized carbons (Fsp3) is 0.714. The predicted molar refractivity (Wildman–Crippen MR) is 41.9 cm³/mol. The molecule has 1 radical (unpaired) electrons. The van der Waals surface area contributed by atoms with Gasteiger partial charge in [0, 0.05) is 13.1 Å². The van der Waals surface area contributed by atoms with Gasteiger partial charge in [-0.05, 0) is 6.42 Å². The summed E-state index contributed by atoms with van der Waals surface area (Å²) in [6.07, 6.45) is 0.545. The molecule has 0 aromatic carbocycles. The molecule has 1 rings (SSSR count). The van der Waals surface area contributed by atoms with E-state index in [1.54, 1.807) is 0 Å². The van der Waals surface area contributed by atoms with Gasteiger partial charge in [0.1, 0.15) is 0 Å². The number of hydrogen-bond donors (Lipinski definition) is 2. The van der Waals surface area contributed by atoms with E-state index in [2.05, 4.69) is 5.32 Å². The number of primary amides is 2. The van der Waals surface area contributed by atoms with Gasteiger partial charge in [-0.1, -0.05) is 0 Å². The molecule has 12 heavy (non-hydrogen) atoms. The van der Waals surface area contributed by atoms with Crippen molar-refractivity contribution in [3.63, 3.8) is 0 Å². The van der Waals surface area contributed by atoms with E-state index >= 15 is 0 Å². The number of rotatable bonds is 2. The van der Waals surface area contributed by atoms with Crippen molar-refractivity contribution in [2.24, 2.45) is 23.3 Å². The monoisotopic (exact) mass is 170 g/mol. The SMILES string of the molecule is NC(=O)C1CC[N]CC1C(N)=O. The van der Waals surface area contributed by atoms with Crippen LogP contribution in [-0.4, -0.2) is 24.9 Å². The third-order valence-corrected chi connectivity index (χ3v) is 2.14. The number of nitrogens with two attached hydrogens (primary N) is 2. The van der Waals surface area contributed by atoms with Gasteiger partial charge in [-0.15, -0.1) is 0 Å². The highest BCUT2D eigenvalue weighted by molar-refractivity contribution is 5.86. The van der Waals surface area contributed by atoms with Gasteiger partial charge in [0.2, 0.25) is 11.8 Å². The van der Waals surface area contributed by atoms with Gasteiger partial charge in [-0.3, -0.25) is 9.59 Å². The Morgan fingerprint density at radius 1 is 1.17 bits per heavy atom. The topological polar surface area (TPSA) is 100 Å². The smallest absolute Gasteiger partial charge is 0.222 e. The minimum atomic E-state index is -0.490. The van der Waals surface area contributed by atoms with Crippen LogP contribution in [-0.2, 0) is 9.59 Å². The lowest BCUT2D eigenvalue weighted by Gasteiger charge is -2.26. The maximum absolute atomic E-state index is 10.8. The van der Waals surface area contributed by atoms with Crippen LogP contribution in [0.1, 0.15) is 6.42 Å². The zero-order valence-electron chi connectivity index (χ0n) is 6.69. The molecule has 4 N–H and O–H groups in total. The van der Waals surface area contributed by atoms with Gasteiger partial charge in [-0.25, -0.2) is 5.32 Å². The van der Waals surface area contributed by atoms with Crippen LogP contribution in [0.15, 0.2) is 0 Å². The lowest BCUT2D eigenvalue weighted by Crippen LogP contribution is -2.46. The Morgan fingerprint density at radius 3 is 2.17 bits per heavy atom. The molecular formula is C7H12N3O2. The summed E-state index contributed by atoms with van der Waals surface area (Å²) < 4.78 is 0. The second kappa shape index (κ2) is 3.53. The van der Waals surface area contributed by atoms with Gasteiger partial charge in [-0.2, -0.15) is 0 Å².